The molecular weight excluding hydrogens is 611 g/mol. The van der Waals surface area contributed by atoms with E-state index in [1.807, 2.05) is 97.1 Å². The lowest BCUT2D eigenvalue weighted by molar-refractivity contribution is 1.18. The van der Waals surface area contributed by atoms with Gasteiger partial charge in [-0.15, -0.1) is 0 Å². The highest BCUT2D eigenvalue weighted by molar-refractivity contribution is 6.11. The summed E-state index contributed by atoms with van der Waals surface area (Å²) in [6.45, 7) is 0. The quantitative estimate of drug-likeness (QED) is 0.193. The van der Waals surface area contributed by atoms with Crippen LogP contribution in [0.5, 0.6) is 0 Å². The third-order valence-corrected chi connectivity index (χ3v) is 9.61. The Kier molecular flexibility index (Phi) is 6.56. The van der Waals surface area contributed by atoms with Gasteiger partial charge in [-0.2, -0.15) is 15.8 Å². The summed E-state index contributed by atoms with van der Waals surface area (Å²) in [7, 11) is 0. The van der Waals surface area contributed by atoms with Crippen molar-refractivity contribution in [1.82, 2.24) is 9.13 Å². The number of hydrogen-bond donors (Lipinski definition) is 0. The molecule has 0 saturated heterocycles. The van der Waals surface area contributed by atoms with Crippen LogP contribution in [0.4, 0.5) is 0 Å². The number of rotatable bonds is 4. The predicted molar refractivity (Wildman–Crippen MR) is 200 cm³/mol. The number of hydrogen-bond acceptors (Lipinski definition) is 3. The van der Waals surface area contributed by atoms with E-state index in [1.165, 1.54) is 0 Å². The van der Waals surface area contributed by atoms with Crippen molar-refractivity contribution in [3.63, 3.8) is 0 Å². The lowest BCUT2D eigenvalue weighted by atomic mass is 9.94. The molecule has 7 aromatic carbocycles. The van der Waals surface area contributed by atoms with Gasteiger partial charge in [0.15, 0.2) is 0 Å². The van der Waals surface area contributed by atoms with E-state index in [4.69, 9.17) is 0 Å². The van der Waals surface area contributed by atoms with Crippen molar-refractivity contribution in [2.75, 3.05) is 0 Å². The summed E-state index contributed by atoms with van der Waals surface area (Å²) >= 11 is 0. The first-order chi connectivity index (χ1) is 24.7. The maximum atomic E-state index is 10.5. The van der Waals surface area contributed by atoms with Gasteiger partial charge >= 0.3 is 0 Å². The van der Waals surface area contributed by atoms with Gasteiger partial charge in [0.25, 0.3) is 0 Å². The van der Waals surface area contributed by atoms with Crippen LogP contribution in [0.1, 0.15) is 16.7 Å². The zero-order chi connectivity index (χ0) is 33.8. The molecule has 9 aromatic rings. The molecule has 9 rings (SSSR count). The Balaban J connectivity index is 1.18. The summed E-state index contributed by atoms with van der Waals surface area (Å²) in [5.74, 6) is 0. The topological polar surface area (TPSA) is 81.2 Å². The Hall–Kier alpha value is -7.39. The molecule has 5 nitrogen and oxygen atoms in total. The molecule has 0 N–H and O–H groups in total. The molecular formula is C45H25N5. The molecule has 230 valence electrons. The van der Waals surface area contributed by atoms with E-state index in [2.05, 4.69) is 81.9 Å². The van der Waals surface area contributed by atoms with Crippen LogP contribution in [-0.2, 0) is 0 Å². The van der Waals surface area contributed by atoms with E-state index in [-0.39, 0.29) is 0 Å². The average molecular weight is 636 g/mol. The standard InChI is InChI=1S/C45H25N5/c46-26-29-16-20-44-39(22-29)37-11-2-5-14-42(37)49(44)34-9-7-8-31(25-34)35-19-18-32(24-33(35)28-48)36-10-1-4-13-41(36)50-43-15-6-3-12-38(43)40-23-30(27-47)17-21-45(40)50/h1-25H. The van der Waals surface area contributed by atoms with Crippen molar-refractivity contribution in [2.45, 2.75) is 0 Å². The third-order valence-electron chi connectivity index (χ3n) is 9.61. The second-order valence-corrected chi connectivity index (χ2v) is 12.3. The molecule has 2 aromatic heterocycles. The van der Waals surface area contributed by atoms with Gasteiger partial charge in [0.05, 0.1) is 62.7 Å². The molecule has 0 aliphatic heterocycles. The summed E-state index contributed by atoms with van der Waals surface area (Å²) in [5.41, 5.74) is 11.7. The van der Waals surface area contributed by atoms with E-state index in [0.717, 1.165) is 77.2 Å². The first-order valence-electron chi connectivity index (χ1n) is 16.3. The van der Waals surface area contributed by atoms with E-state index in [9.17, 15) is 15.8 Å². The lowest BCUT2D eigenvalue weighted by Gasteiger charge is -2.15. The van der Waals surface area contributed by atoms with Crippen molar-refractivity contribution in [3.05, 3.63) is 168 Å². The molecule has 0 radical (unpaired) electrons. The summed E-state index contributed by atoms with van der Waals surface area (Å²) in [4.78, 5) is 0. The van der Waals surface area contributed by atoms with Gasteiger partial charge in [0.1, 0.15) is 0 Å². The van der Waals surface area contributed by atoms with Crippen molar-refractivity contribution < 1.29 is 0 Å². The molecule has 50 heavy (non-hydrogen) atoms. The molecule has 0 amide bonds. The van der Waals surface area contributed by atoms with Crippen LogP contribution in [0.2, 0.25) is 0 Å². The third kappa shape index (κ3) is 4.38. The molecule has 0 aliphatic carbocycles. The first-order valence-corrected chi connectivity index (χ1v) is 16.3. The summed E-state index contributed by atoms with van der Waals surface area (Å²) in [6.07, 6.45) is 0. The molecule has 0 fully saturated rings. The molecule has 0 unspecified atom stereocenters. The van der Waals surface area contributed by atoms with Crippen LogP contribution in [0, 0.1) is 34.0 Å². The van der Waals surface area contributed by atoms with Crippen LogP contribution in [-0.4, -0.2) is 9.13 Å². The predicted octanol–water partition coefficient (Wildman–Crippen LogP) is 10.8. The van der Waals surface area contributed by atoms with Crippen LogP contribution in [0.3, 0.4) is 0 Å². The highest BCUT2D eigenvalue weighted by atomic mass is 15.0. The number of nitrogens with zero attached hydrogens (tertiary/aromatic N) is 5. The average Bonchev–Trinajstić information content (AvgIpc) is 3.69. The summed E-state index contributed by atoms with van der Waals surface area (Å²) in [6, 6.07) is 57.8. The van der Waals surface area contributed by atoms with Crippen LogP contribution >= 0.6 is 0 Å². The minimum absolute atomic E-state index is 0.580. The molecule has 5 heteroatoms. The van der Waals surface area contributed by atoms with Gasteiger partial charge in [0, 0.05) is 32.8 Å². The Morgan fingerprint density at radius 2 is 0.960 bits per heavy atom. The largest absolute Gasteiger partial charge is 0.309 e. The van der Waals surface area contributed by atoms with E-state index >= 15 is 0 Å². The van der Waals surface area contributed by atoms with E-state index in [1.54, 1.807) is 0 Å². The fraction of sp³-hybridized carbons (Fsp3) is 0. The zero-order valence-corrected chi connectivity index (χ0v) is 26.7. The smallest absolute Gasteiger partial charge is 0.0998 e. The van der Waals surface area contributed by atoms with Crippen LogP contribution in [0.25, 0.3) is 77.2 Å². The van der Waals surface area contributed by atoms with Gasteiger partial charge in [-0.1, -0.05) is 78.9 Å². The van der Waals surface area contributed by atoms with Crippen molar-refractivity contribution >= 4 is 43.6 Å². The fourth-order valence-corrected chi connectivity index (χ4v) is 7.40. The maximum absolute atomic E-state index is 10.5. The van der Waals surface area contributed by atoms with Crippen molar-refractivity contribution in [2.24, 2.45) is 0 Å². The Morgan fingerprint density at radius 3 is 1.64 bits per heavy atom. The molecule has 0 saturated carbocycles. The minimum Gasteiger partial charge on any atom is -0.309 e. The highest BCUT2D eigenvalue weighted by Gasteiger charge is 2.18. The Bertz CT molecular complexity index is 2970. The van der Waals surface area contributed by atoms with Crippen molar-refractivity contribution in [1.29, 1.82) is 15.8 Å². The van der Waals surface area contributed by atoms with Crippen LogP contribution in [0.15, 0.2) is 152 Å². The van der Waals surface area contributed by atoms with Gasteiger partial charge in [-0.3, -0.25) is 0 Å². The van der Waals surface area contributed by atoms with E-state index < -0.39 is 0 Å². The number of benzene rings is 7. The normalized spacial score (nSPS) is 11.1. The SMILES string of the molecule is N#Cc1ccc2c(c1)c1ccccc1n2-c1cccc(-c2ccc(-c3ccccc3-n3c4ccccc4c4cc(C#N)ccc43)cc2C#N)c1. The Morgan fingerprint density at radius 1 is 0.380 bits per heavy atom. The number of para-hydroxylation sites is 3. The van der Waals surface area contributed by atoms with Gasteiger partial charge in [-0.25, -0.2) is 0 Å². The lowest BCUT2D eigenvalue weighted by Crippen LogP contribution is -1.98. The van der Waals surface area contributed by atoms with Gasteiger partial charge < -0.3 is 9.13 Å². The molecule has 0 atom stereocenters. The monoisotopic (exact) mass is 635 g/mol. The number of nitriles is 3. The molecule has 0 bridgehead atoms. The molecule has 0 aliphatic rings. The zero-order valence-electron chi connectivity index (χ0n) is 26.7. The fourth-order valence-electron chi connectivity index (χ4n) is 7.40. The number of fused-ring (bicyclic) bond motifs is 6. The Labute approximate surface area is 287 Å². The maximum Gasteiger partial charge on any atom is 0.0998 e. The molecule has 0 spiro atoms. The van der Waals surface area contributed by atoms with E-state index in [0.29, 0.717) is 16.7 Å². The summed E-state index contributed by atoms with van der Waals surface area (Å²) < 4.78 is 4.47. The highest BCUT2D eigenvalue weighted by Crippen LogP contribution is 2.39. The minimum atomic E-state index is 0.580. The summed E-state index contributed by atoms with van der Waals surface area (Å²) in [5, 5.41) is 33.9. The second-order valence-electron chi connectivity index (χ2n) is 12.3. The number of aromatic nitrogens is 2. The molecule has 2 heterocycles. The van der Waals surface area contributed by atoms with Gasteiger partial charge in [0.2, 0.25) is 0 Å². The van der Waals surface area contributed by atoms with Crippen LogP contribution < -0.4 is 0 Å². The second kappa shape index (κ2) is 11.4. The van der Waals surface area contributed by atoms with Gasteiger partial charge in [-0.05, 0) is 89.5 Å². The van der Waals surface area contributed by atoms with Crippen molar-refractivity contribution in [3.8, 4) is 51.8 Å². The first kappa shape index (κ1) is 28.8.